The quantitative estimate of drug-likeness (QED) is 0.842. The van der Waals surface area contributed by atoms with Gasteiger partial charge >= 0.3 is 5.97 Å². The van der Waals surface area contributed by atoms with Crippen LogP contribution in [-0.2, 0) is 6.54 Å². The average Bonchev–Trinajstić information content (AvgIpc) is 2.81. The van der Waals surface area contributed by atoms with Gasteiger partial charge < -0.3 is 5.11 Å². The lowest BCUT2D eigenvalue weighted by molar-refractivity contribution is 0.0690. The summed E-state index contributed by atoms with van der Waals surface area (Å²) in [6.07, 6.45) is 3.92. The third kappa shape index (κ3) is 2.63. The fourth-order valence-corrected chi connectivity index (χ4v) is 2.31. The first kappa shape index (κ1) is 12.0. The van der Waals surface area contributed by atoms with E-state index in [0.29, 0.717) is 6.54 Å². The Kier molecular flexibility index (Phi) is 3.15. The van der Waals surface area contributed by atoms with Crippen LogP contribution >= 0.6 is 0 Å². The van der Waals surface area contributed by atoms with Crippen LogP contribution in [0.1, 0.15) is 37.2 Å². The van der Waals surface area contributed by atoms with E-state index in [9.17, 15) is 4.79 Å². The standard InChI is InChI=1S/C11H18N4O2/c1-11(2)4-3-5-14(11)6-7-15-8-9(10(16)17)12-13-15/h8H,3-7H2,1-2H3,(H,16,17). The van der Waals surface area contributed by atoms with E-state index in [1.807, 2.05) is 0 Å². The van der Waals surface area contributed by atoms with Crippen LogP contribution in [0.2, 0.25) is 0 Å². The monoisotopic (exact) mass is 238 g/mol. The van der Waals surface area contributed by atoms with Crippen LogP contribution in [0.5, 0.6) is 0 Å². The summed E-state index contributed by atoms with van der Waals surface area (Å²) in [5.41, 5.74) is 0.252. The van der Waals surface area contributed by atoms with Crippen LogP contribution in [0.4, 0.5) is 0 Å². The first-order valence-corrected chi connectivity index (χ1v) is 5.87. The molecule has 0 amide bonds. The van der Waals surface area contributed by atoms with Gasteiger partial charge in [0.05, 0.1) is 12.7 Å². The highest BCUT2D eigenvalue weighted by atomic mass is 16.4. The lowest BCUT2D eigenvalue weighted by Gasteiger charge is -2.31. The first-order chi connectivity index (χ1) is 7.99. The zero-order valence-electron chi connectivity index (χ0n) is 10.3. The average molecular weight is 238 g/mol. The van der Waals surface area contributed by atoms with Crippen LogP contribution < -0.4 is 0 Å². The molecule has 0 atom stereocenters. The fourth-order valence-electron chi connectivity index (χ4n) is 2.31. The Morgan fingerprint density at radius 1 is 1.53 bits per heavy atom. The van der Waals surface area contributed by atoms with Crippen molar-refractivity contribution in [1.82, 2.24) is 19.9 Å². The molecule has 0 spiro atoms. The van der Waals surface area contributed by atoms with Gasteiger partial charge in [-0.3, -0.25) is 9.58 Å². The van der Waals surface area contributed by atoms with E-state index < -0.39 is 5.97 Å². The summed E-state index contributed by atoms with van der Waals surface area (Å²) < 4.78 is 1.60. The highest BCUT2D eigenvalue weighted by Gasteiger charge is 2.31. The minimum Gasteiger partial charge on any atom is -0.476 e. The maximum atomic E-state index is 10.7. The third-order valence-corrected chi connectivity index (χ3v) is 3.43. The van der Waals surface area contributed by atoms with Crippen molar-refractivity contribution >= 4 is 5.97 Å². The zero-order chi connectivity index (χ0) is 12.5. The molecule has 0 unspecified atom stereocenters. The molecule has 1 fully saturated rings. The van der Waals surface area contributed by atoms with E-state index in [-0.39, 0.29) is 11.2 Å². The Hall–Kier alpha value is -1.43. The summed E-state index contributed by atoms with van der Waals surface area (Å²) >= 11 is 0. The highest BCUT2D eigenvalue weighted by Crippen LogP contribution is 2.27. The Morgan fingerprint density at radius 3 is 2.82 bits per heavy atom. The van der Waals surface area contributed by atoms with E-state index in [4.69, 9.17) is 5.11 Å². The van der Waals surface area contributed by atoms with E-state index in [1.54, 1.807) is 4.68 Å². The summed E-state index contributed by atoms with van der Waals surface area (Å²) in [5.74, 6) is -1.03. The van der Waals surface area contributed by atoms with Crippen molar-refractivity contribution in [2.75, 3.05) is 13.1 Å². The van der Waals surface area contributed by atoms with Gasteiger partial charge in [0.2, 0.25) is 0 Å². The molecule has 0 aromatic carbocycles. The second-order valence-corrected chi connectivity index (χ2v) is 5.08. The number of carbonyl (C=O) groups is 1. The van der Waals surface area contributed by atoms with Crippen molar-refractivity contribution in [3.05, 3.63) is 11.9 Å². The summed E-state index contributed by atoms with van der Waals surface area (Å²) in [4.78, 5) is 13.1. The molecule has 0 bridgehead atoms. The van der Waals surface area contributed by atoms with Gasteiger partial charge in [-0.2, -0.15) is 0 Å². The largest absolute Gasteiger partial charge is 0.476 e. The van der Waals surface area contributed by atoms with Crippen molar-refractivity contribution in [3.8, 4) is 0 Å². The van der Waals surface area contributed by atoms with E-state index in [0.717, 1.165) is 13.1 Å². The van der Waals surface area contributed by atoms with Gasteiger partial charge in [0.1, 0.15) is 0 Å². The molecule has 2 rings (SSSR count). The minimum atomic E-state index is -1.03. The number of nitrogens with zero attached hydrogens (tertiary/aromatic N) is 4. The summed E-state index contributed by atoms with van der Waals surface area (Å²) in [6.45, 7) is 7.15. The molecule has 1 aromatic rings. The summed E-state index contributed by atoms with van der Waals surface area (Å²) in [6, 6.07) is 0. The molecule has 1 aliphatic heterocycles. The number of hydrogen-bond donors (Lipinski definition) is 1. The topological polar surface area (TPSA) is 71.2 Å². The van der Waals surface area contributed by atoms with Gasteiger partial charge in [-0.15, -0.1) is 5.10 Å². The minimum absolute atomic E-state index is 0.00526. The summed E-state index contributed by atoms with van der Waals surface area (Å²) in [5, 5.41) is 16.1. The Labute approximate surface area is 100 Å². The van der Waals surface area contributed by atoms with Crippen molar-refractivity contribution in [1.29, 1.82) is 0 Å². The number of aromatic carboxylic acids is 1. The van der Waals surface area contributed by atoms with Crippen LogP contribution in [0.25, 0.3) is 0 Å². The molecule has 0 aliphatic carbocycles. The van der Waals surface area contributed by atoms with Crippen molar-refractivity contribution in [3.63, 3.8) is 0 Å². The third-order valence-electron chi connectivity index (χ3n) is 3.43. The number of likely N-dealkylation sites (tertiary alicyclic amines) is 1. The van der Waals surface area contributed by atoms with Gasteiger partial charge in [-0.1, -0.05) is 5.21 Å². The Balaban J connectivity index is 1.91. The second-order valence-electron chi connectivity index (χ2n) is 5.08. The molecule has 1 saturated heterocycles. The summed E-state index contributed by atoms with van der Waals surface area (Å²) in [7, 11) is 0. The fraction of sp³-hybridized carbons (Fsp3) is 0.727. The maximum Gasteiger partial charge on any atom is 0.358 e. The molecular formula is C11H18N4O2. The molecule has 6 heteroatoms. The number of rotatable bonds is 4. The van der Waals surface area contributed by atoms with E-state index in [1.165, 1.54) is 19.0 Å². The number of hydrogen-bond acceptors (Lipinski definition) is 4. The highest BCUT2D eigenvalue weighted by molar-refractivity contribution is 5.84. The van der Waals surface area contributed by atoms with Gasteiger partial charge in [-0.05, 0) is 33.2 Å². The van der Waals surface area contributed by atoms with Crippen LogP contribution in [0.3, 0.4) is 0 Å². The first-order valence-electron chi connectivity index (χ1n) is 5.87. The second kappa shape index (κ2) is 4.44. The van der Waals surface area contributed by atoms with Crippen LogP contribution in [-0.4, -0.2) is 49.6 Å². The van der Waals surface area contributed by atoms with E-state index in [2.05, 4.69) is 29.1 Å². The van der Waals surface area contributed by atoms with Gasteiger partial charge in [0.25, 0.3) is 0 Å². The molecule has 94 valence electrons. The van der Waals surface area contributed by atoms with E-state index >= 15 is 0 Å². The SMILES string of the molecule is CC1(C)CCCN1CCn1cc(C(=O)O)nn1. The normalized spacial score (nSPS) is 19.6. The van der Waals surface area contributed by atoms with Gasteiger partial charge in [0, 0.05) is 12.1 Å². The molecule has 1 aromatic heterocycles. The molecule has 0 saturated carbocycles. The lowest BCUT2D eigenvalue weighted by atomic mass is 10.0. The zero-order valence-corrected chi connectivity index (χ0v) is 10.3. The smallest absolute Gasteiger partial charge is 0.358 e. The molecule has 1 N–H and O–H groups in total. The van der Waals surface area contributed by atoms with Crippen molar-refractivity contribution < 1.29 is 9.90 Å². The molecule has 6 nitrogen and oxygen atoms in total. The molecule has 0 radical (unpaired) electrons. The number of aromatic nitrogens is 3. The van der Waals surface area contributed by atoms with Crippen LogP contribution in [0, 0.1) is 0 Å². The number of carboxylic acid groups (broad SMARTS) is 1. The van der Waals surface area contributed by atoms with Gasteiger partial charge in [0.15, 0.2) is 5.69 Å². The van der Waals surface area contributed by atoms with Crippen molar-refractivity contribution in [2.24, 2.45) is 0 Å². The number of carboxylic acids is 1. The molecule has 17 heavy (non-hydrogen) atoms. The molecule has 2 heterocycles. The maximum absolute atomic E-state index is 10.7. The lowest BCUT2D eigenvalue weighted by Crippen LogP contribution is -2.40. The predicted octanol–water partition coefficient (Wildman–Crippen LogP) is 0.851. The van der Waals surface area contributed by atoms with Gasteiger partial charge in [-0.25, -0.2) is 4.79 Å². The Bertz CT molecular complexity index is 413. The predicted molar refractivity (Wildman–Crippen MR) is 61.9 cm³/mol. The Morgan fingerprint density at radius 2 is 2.29 bits per heavy atom. The molecular weight excluding hydrogens is 220 g/mol. The van der Waals surface area contributed by atoms with Crippen molar-refractivity contribution in [2.45, 2.75) is 38.8 Å². The van der Waals surface area contributed by atoms with Crippen LogP contribution in [0.15, 0.2) is 6.20 Å². The molecule has 1 aliphatic rings.